The zero-order valence-electron chi connectivity index (χ0n) is 16.1. The molecule has 0 radical (unpaired) electrons. The highest BCUT2D eigenvalue weighted by molar-refractivity contribution is 7.86. The highest BCUT2D eigenvalue weighted by atomic mass is 35.5. The molecule has 1 aliphatic rings. The number of halogens is 3. The molecule has 31 heavy (non-hydrogen) atoms. The summed E-state index contributed by atoms with van der Waals surface area (Å²) in [5, 5.41) is 4.45. The van der Waals surface area contributed by atoms with E-state index < -0.39 is 27.4 Å². The van der Waals surface area contributed by atoms with Gasteiger partial charge in [0.25, 0.3) is 10.1 Å². The fraction of sp³-hybridized carbons (Fsp3) is 0.300. The molecule has 0 saturated carbocycles. The summed E-state index contributed by atoms with van der Waals surface area (Å²) in [6.07, 6.45) is 3.04. The van der Waals surface area contributed by atoms with E-state index in [1.807, 2.05) is 0 Å². The number of benzene rings is 2. The van der Waals surface area contributed by atoms with Gasteiger partial charge in [0.05, 0.1) is 24.7 Å². The third kappa shape index (κ3) is 4.77. The molecule has 0 amide bonds. The van der Waals surface area contributed by atoms with Crippen molar-refractivity contribution >= 4 is 21.7 Å². The van der Waals surface area contributed by atoms with Crippen molar-refractivity contribution in [1.82, 2.24) is 14.8 Å². The third-order valence-electron chi connectivity index (χ3n) is 5.08. The first-order valence-corrected chi connectivity index (χ1v) is 11.1. The van der Waals surface area contributed by atoms with E-state index in [0.29, 0.717) is 5.02 Å². The molecule has 0 bridgehead atoms. The maximum absolute atomic E-state index is 14.6. The van der Waals surface area contributed by atoms with E-state index in [2.05, 4.69) is 10.1 Å². The summed E-state index contributed by atoms with van der Waals surface area (Å²) < 4.78 is 65.6. The Balaban J connectivity index is 1.53. The molecule has 0 aliphatic carbocycles. The Morgan fingerprint density at radius 2 is 2.00 bits per heavy atom. The van der Waals surface area contributed by atoms with Gasteiger partial charge in [-0.15, -0.1) is 0 Å². The summed E-state index contributed by atoms with van der Waals surface area (Å²) >= 11 is 5.80. The molecule has 2 aromatic carbocycles. The standard InChI is InChI=1S/C20H18ClF2N3O4S/c21-15-1-4-17(5-2-15)31(27,28)30-10-14-8-20(29-9-14,11-26-13-24-12-25-26)18-6-3-16(22)7-19(18)23/h1-7,12-14H,8-11H2/t14?,20-/m0/s1. The molecular weight excluding hydrogens is 452 g/mol. The van der Waals surface area contributed by atoms with Gasteiger partial charge in [0.2, 0.25) is 0 Å². The molecule has 1 aliphatic heterocycles. The Labute approximate surface area is 182 Å². The van der Waals surface area contributed by atoms with Crippen LogP contribution in [0.3, 0.4) is 0 Å². The first-order chi connectivity index (χ1) is 14.8. The molecule has 7 nitrogen and oxygen atoms in total. The van der Waals surface area contributed by atoms with Crippen molar-refractivity contribution in [2.24, 2.45) is 5.92 Å². The third-order valence-corrected chi connectivity index (χ3v) is 6.63. The number of hydrogen-bond acceptors (Lipinski definition) is 6. The van der Waals surface area contributed by atoms with E-state index in [9.17, 15) is 17.2 Å². The minimum absolute atomic E-state index is 0.0192. The molecule has 0 N–H and O–H groups in total. The molecule has 2 heterocycles. The lowest BCUT2D eigenvalue weighted by Gasteiger charge is -2.29. The van der Waals surface area contributed by atoms with Crippen LogP contribution in [0.2, 0.25) is 5.02 Å². The summed E-state index contributed by atoms with van der Waals surface area (Å²) in [7, 11) is -4.00. The zero-order chi connectivity index (χ0) is 22.1. The number of ether oxygens (including phenoxy) is 1. The van der Waals surface area contributed by atoms with E-state index >= 15 is 0 Å². The number of hydrogen-bond donors (Lipinski definition) is 0. The average Bonchev–Trinajstić information content (AvgIpc) is 3.38. The predicted molar refractivity (Wildman–Crippen MR) is 107 cm³/mol. The van der Waals surface area contributed by atoms with Crippen LogP contribution in [0, 0.1) is 17.6 Å². The van der Waals surface area contributed by atoms with Crippen molar-refractivity contribution < 1.29 is 26.1 Å². The summed E-state index contributed by atoms with van der Waals surface area (Å²) in [4.78, 5) is 3.86. The molecule has 164 valence electrons. The van der Waals surface area contributed by atoms with Gasteiger partial charge in [0.1, 0.15) is 29.9 Å². The van der Waals surface area contributed by atoms with Gasteiger partial charge in [0.15, 0.2) is 0 Å². The van der Waals surface area contributed by atoms with Gasteiger partial charge < -0.3 is 4.74 Å². The minimum Gasteiger partial charge on any atom is -0.368 e. The molecule has 1 aromatic heterocycles. The van der Waals surface area contributed by atoms with Gasteiger partial charge in [-0.25, -0.2) is 18.4 Å². The molecule has 4 rings (SSSR count). The van der Waals surface area contributed by atoms with Crippen molar-refractivity contribution in [3.05, 3.63) is 77.3 Å². The van der Waals surface area contributed by atoms with Gasteiger partial charge in [-0.05, 0) is 36.8 Å². The maximum atomic E-state index is 14.6. The Hall–Kier alpha value is -2.40. The van der Waals surface area contributed by atoms with E-state index in [1.54, 1.807) is 0 Å². The van der Waals surface area contributed by atoms with Crippen molar-refractivity contribution in [1.29, 1.82) is 0 Å². The molecule has 3 aromatic rings. The minimum atomic E-state index is -4.00. The van der Waals surface area contributed by atoms with E-state index in [0.717, 1.165) is 12.1 Å². The Morgan fingerprint density at radius 3 is 2.68 bits per heavy atom. The maximum Gasteiger partial charge on any atom is 0.296 e. The molecule has 1 saturated heterocycles. The lowest BCUT2D eigenvalue weighted by atomic mass is 9.87. The molecule has 2 atom stereocenters. The number of rotatable bonds is 7. The zero-order valence-corrected chi connectivity index (χ0v) is 17.7. The lowest BCUT2D eigenvalue weighted by Crippen LogP contribution is -2.32. The van der Waals surface area contributed by atoms with Gasteiger partial charge in [-0.2, -0.15) is 13.5 Å². The van der Waals surface area contributed by atoms with Gasteiger partial charge in [0, 0.05) is 22.6 Å². The first kappa shape index (κ1) is 21.8. The summed E-state index contributed by atoms with van der Waals surface area (Å²) in [5.41, 5.74) is -1.02. The van der Waals surface area contributed by atoms with Gasteiger partial charge >= 0.3 is 0 Å². The quantitative estimate of drug-likeness (QED) is 0.492. The normalized spacial score (nSPS) is 21.5. The van der Waals surface area contributed by atoms with E-state index in [4.69, 9.17) is 20.5 Å². The number of nitrogens with zero attached hydrogens (tertiary/aromatic N) is 3. The van der Waals surface area contributed by atoms with Crippen LogP contribution in [0.5, 0.6) is 0 Å². The van der Waals surface area contributed by atoms with Gasteiger partial charge in [-0.3, -0.25) is 4.18 Å². The summed E-state index contributed by atoms with van der Waals surface area (Å²) in [5.74, 6) is -1.81. The average molecular weight is 470 g/mol. The Kier molecular flexibility index (Phi) is 6.07. The summed E-state index contributed by atoms with van der Waals surface area (Å²) in [6, 6.07) is 8.89. The molecular formula is C20H18ClF2N3O4S. The van der Waals surface area contributed by atoms with Crippen molar-refractivity contribution in [2.45, 2.75) is 23.5 Å². The summed E-state index contributed by atoms with van der Waals surface area (Å²) in [6.45, 7) is 0.0878. The second-order valence-corrected chi connectivity index (χ2v) is 9.34. The van der Waals surface area contributed by atoms with E-state index in [1.165, 1.54) is 47.7 Å². The van der Waals surface area contributed by atoms with Gasteiger partial charge in [-0.1, -0.05) is 17.7 Å². The fourth-order valence-corrected chi connectivity index (χ4v) is 4.74. The fourth-order valence-electron chi connectivity index (χ4n) is 3.64. The van der Waals surface area contributed by atoms with Crippen LogP contribution < -0.4 is 0 Å². The molecule has 0 spiro atoms. The van der Waals surface area contributed by atoms with E-state index in [-0.39, 0.29) is 42.6 Å². The molecule has 1 unspecified atom stereocenters. The predicted octanol–water partition coefficient (Wildman–Crippen LogP) is 3.55. The van der Waals surface area contributed by atoms with Crippen LogP contribution in [-0.4, -0.2) is 36.4 Å². The smallest absolute Gasteiger partial charge is 0.296 e. The second kappa shape index (κ2) is 8.62. The highest BCUT2D eigenvalue weighted by Crippen LogP contribution is 2.42. The largest absolute Gasteiger partial charge is 0.368 e. The lowest BCUT2D eigenvalue weighted by molar-refractivity contribution is -0.0206. The van der Waals surface area contributed by atoms with Crippen LogP contribution in [-0.2, 0) is 31.2 Å². The molecule has 1 fully saturated rings. The molecule has 11 heteroatoms. The first-order valence-electron chi connectivity index (χ1n) is 9.34. The van der Waals surface area contributed by atoms with Crippen LogP contribution in [0.1, 0.15) is 12.0 Å². The SMILES string of the molecule is O=S(=O)(OCC1CO[C@@](Cn2cncn2)(c2ccc(F)cc2F)C1)c1ccc(Cl)cc1. The van der Waals surface area contributed by atoms with Crippen LogP contribution >= 0.6 is 11.6 Å². The van der Waals surface area contributed by atoms with Crippen molar-refractivity contribution in [2.75, 3.05) is 13.2 Å². The van der Waals surface area contributed by atoms with Crippen LogP contribution in [0.25, 0.3) is 0 Å². The Bertz CT molecular complexity index is 1160. The van der Waals surface area contributed by atoms with Crippen molar-refractivity contribution in [3.8, 4) is 0 Å². The number of aromatic nitrogens is 3. The van der Waals surface area contributed by atoms with Crippen LogP contribution in [0.4, 0.5) is 8.78 Å². The highest BCUT2D eigenvalue weighted by Gasteiger charge is 2.45. The second-order valence-electron chi connectivity index (χ2n) is 7.29. The van der Waals surface area contributed by atoms with Crippen LogP contribution in [0.15, 0.2) is 60.0 Å². The topological polar surface area (TPSA) is 83.3 Å². The Morgan fingerprint density at radius 1 is 1.23 bits per heavy atom. The van der Waals surface area contributed by atoms with Crippen molar-refractivity contribution in [3.63, 3.8) is 0 Å². The monoisotopic (exact) mass is 469 g/mol.